The third-order valence-electron chi connectivity index (χ3n) is 3.66. The van der Waals surface area contributed by atoms with E-state index in [-0.39, 0.29) is 6.42 Å². The van der Waals surface area contributed by atoms with Crippen LogP contribution in [0.15, 0.2) is 61.1 Å². The summed E-state index contributed by atoms with van der Waals surface area (Å²) < 4.78 is 40.2. The summed E-state index contributed by atoms with van der Waals surface area (Å²) in [6.07, 6.45) is -1.14. The number of aromatic nitrogens is 2. The standard InChI is InChI=1S/C18H14F3N3O/c19-18(20,21)14-5-2-4-13(9-14)16-10-24(11-23-16)15-6-1-3-12(7-15)8-17(22)25/h1-7,9-11H,8H2,(H2,22,25). The first-order valence-corrected chi connectivity index (χ1v) is 7.42. The zero-order chi connectivity index (χ0) is 18.0. The van der Waals surface area contributed by atoms with Crippen LogP contribution in [0.3, 0.4) is 0 Å². The molecule has 0 atom stereocenters. The Morgan fingerprint density at radius 3 is 2.60 bits per heavy atom. The minimum absolute atomic E-state index is 0.114. The third-order valence-corrected chi connectivity index (χ3v) is 3.66. The molecule has 0 aliphatic carbocycles. The molecule has 3 aromatic rings. The van der Waals surface area contributed by atoms with Crippen LogP contribution in [0, 0.1) is 0 Å². The second-order valence-electron chi connectivity index (χ2n) is 5.56. The predicted molar refractivity (Wildman–Crippen MR) is 86.9 cm³/mol. The van der Waals surface area contributed by atoms with Gasteiger partial charge in [0, 0.05) is 17.4 Å². The van der Waals surface area contributed by atoms with Crippen LogP contribution >= 0.6 is 0 Å². The molecule has 1 amide bonds. The molecule has 4 nitrogen and oxygen atoms in total. The number of primary amides is 1. The van der Waals surface area contributed by atoms with Crippen molar-refractivity contribution in [2.24, 2.45) is 5.73 Å². The number of hydrogen-bond acceptors (Lipinski definition) is 2. The van der Waals surface area contributed by atoms with E-state index in [0.717, 1.165) is 23.4 Å². The largest absolute Gasteiger partial charge is 0.416 e. The van der Waals surface area contributed by atoms with Gasteiger partial charge in [-0.15, -0.1) is 0 Å². The van der Waals surface area contributed by atoms with Gasteiger partial charge < -0.3 is 10.3 Å². The summed E-state index contributed by atoms with van der Waals surface area (Å²) in [6.45, 7) is 0. The van der Waals surface area contributed by atoms with Crippen LogP contribution in [0.4, 0.5) is 13.2 Å². The molecule has 2 N–H and O–H groups in total. The second kappa shape index (κ2) is 6.43. The monoisotopic (exact) mass is 345 g/mol. The molecule has 25 heavy (non-hydrogen) atoms. The maximum atomic E-state index is 12.8. The molecule has 0 radical (unpaired) electrons. The smallest absolute Gasteiger partial charge is 0.369 e. The molecule has 1 aromatic heterocycles. The van der Waals surface area contributed by atoms with E-state index in [1.807, 2.05) is 6.07 Å². The van der Waals surface area contributed by atoms with Gasteiger partial charge in [-0.1, -0.05) is 24.3 Å². The van der Waals surface area contributed by atoms with Gasteiger partial charge in [0.25, 0.3) is 0 Å². The summed E-state index contributed by atoms with van der Waals surface area (Å²) in [5, 5.41) is 0. The van der Waals surface area contributed by atoms with Gasteiger partial charge in [0.05, 0.1) is 24.0 Å². The predicted octanol–water partition coefficient (Wildman–Crippen LogP) is 3.59. The van der Waals surface area contributed by atoms with Crippen molar-refractivity contribution in [1.82, 2.24) is 9.55 Å². The fourth-order valence-corrected chi connectivity index (χ4v) is 2.50. The molecule has 0 saturated heterocycles. The SMILES string of the molecule is NC(=O)Cc1cccc(-n2cnc(-c3cccc(C(F)(F)F)c3)c2)c1. The lowest BCUT2D eigenvalue weighted by Gasteiger charge is -2.07. The minimum Gasteiger partial charge on any atom is -0.369 e. The molecule has 0 saturated carbocycles. The summed E-state index contributed by atoms with van der Waals surface area (Å²) in [5.41, 5.74) is 6.76. The van der Waals surface area contributed by atoms with Crippen LogP contribution in [0.5, 0.6) is 0 Å². The number of carbonyl (C=O) groups excluding carboxylic acids is 1. The highest BCUT2D eigenvalue weighted by Crippen LogP contribution is 2.31. The van der Waals surface area contributed by atoms with E-state index < -0.39 is 17.6 Å². The number of halogens is 3. The Bertz CT molecular complexity index is 916. The lowest BCUT2D eigenvalue weighted by atomic mass is 10.1. The Kier molecular flexibility index (Phi) is 4.31. The van der Waals surface area contributed by atoms with E-state index in [1.165, 1.54) is 12.4 Å². The molecular formula is C18H14F3N3O. The molecule has 0 aliphatic rings. The molecule has 128 valence electrons. The number of alkyl halides is 3. The van der Waals surface area contributed by atoms with E-state index in [9.17, 15) is 18.0 Å². The number of benzene rings is 2. The molecule has 0 fully saturated rings. The Balaban J connectivity index is 1.92. The summed E-state index contributed by atoms with van der Waals surface area (Å²) >= 11 is 0. The number of nitrogens with zero attached hydrogens (tertiary/aromatic N) is 2. The fourth-order valence-electron chi connectivity index (χ4n) is 2.50. The van der Waals surface area contributed by atoms with E-state index in [2.05, 4.69) is 4.98 Å². The van der Waals surface area contributed by atoms with Crippen molar-refractivity contribution in [3.63, 3.8) is 0 Å². The zero-order valence-corrected chi connectivity index (χ0v) is 13.0. The van der Waals surface area contributed by atoms with Gasteiger partial charge in [-0.2, -0.15) is 13.2 Å². The number of imidazole rings is 1. The van der Waals surface area contributed by atoms with E-state index in [4.69, 9.17) is 5.73 Å². The normalized spacial score (nSPS) is 11.5. The van der Waals surface area contributed by atoms with Crippen molar-refractivity contribution in [3.05, 3.63) is 72.2 Å². The number of hydrogen-bond donors (Lipinski definition) is 1. The Morgan fingerprint density at radius 2 is 1.88 bits per heavy atom. The van der Waals surface area contributed by atoms with Crippen molar-refractivity contribution in [2.75, 3.05) is 0 Å². The van der Waals surface area contributed by atoms with Gasteiger partial charge >= 0.3 is 6.18 Å². The molecular weight excluding hydrogens is 331 g/mol. The number of amides is 1. The highest BCUT2D eigenvalue weighted by molar-refractivity contribution is 5.76. The van der Waals surface area contributed by atoms with Crippen molar-refractivity contribution in [3.8, 4) is 16.9 Å². The maximum absolute atomic E-state index is 12.8. The van der Waals surface area contributed by atoms with Gasteiger partial charge in [0.1, 0.15) is 0 Å². The Hall–Kier alpha value is -3.09. The average Bonchev–Trinajstić information content (AvgIpc) is 3.04. The van der Waals surface area contributed by atoms with E-state index in [0.29, 0.717) is 11.3 Å². The highest BCUT2D eigenvalue weighted by Gasteiger charge is 2.30. The van der Waals surface area contributed by atoms with Gasteiger partial charge in [-0.25, -0.2) is 4.98 Å². The van der Waals surface area contributed by atoms with Crippen LogP contribution in [0.2, 0.25) is 0 Å². The number of nitrogens with two attached hydrogens (primary N) is 1. The van der Waals surface area contributed by atoms with Crippen LogP contribution in [0.25, 0.3) is 16.9 Å². The van der Waals surface area contributed by atoms with E-state index in [1.54, 1.807) is 35.0 Å². The van der Waals surface area contributed by atoms with Gasteiger partial charge in [-0.05, 0) is 29.8 Å². The molecule has 2 aromatic carbocycles. The zero-order valence-electron chi connectivity index (χ0n) is 13.0. The van der Waals surface area contributed by atoms with Crippen LogP contribution in [-0.2, 0) is 17.4 Å². The first-order valence-electron chi connectivity index (χ1n) is 7.42. The molecule has 0 aliphatic heterocycles. The summed E-state index contributed by atoms with van der Waals surface area (Å²) in [4.78, 5) is 15.2. The van der Waals surface area contributed by atoms with Gasteiger partial charge in [0.15, 0.2) is 0 Å². The minimum atomic E-state index is -4.40. The molecule has 1 heterocycles. The summed E-state index contributed by atoms with van der Waals surface area (Å²) in [7, 11) is 0. The topological polar surface area (TPSA) is 60.9 Å². The fraction of sp³-hybridized carbons (Fsp3) is 0.111. The van der Waals surface area contributed by atoms with Crippen molar-refractivity contribution in [2.45, 2.75) is 12.6 Å². The quantitative estimate of drug-likeness (QED) is 0.786. The highest BCUT2D eigenvalue weighted by atomic mass is 19.4. The van der Waals surface area contributed by atoms with E-state index >= 15 is 0 Å². The third kappa shape index (κ3) is 3.88. The number of rotatable bonds is 4. The lowest BCUT2D eigenvalue weighted by molar-refractivity contribution is -0.137. The lowest BCUT2D eigenvalue weighted by Crippen LogP contribution is -2.13. The molecule has 3 rings (SSSR count). The maximum Gasteiger partial charge on any atom is 0.416 e. The Labute approximate surface area is 141 Å². The summed E-state index contributed by atoms with van der Waals surface area (Å²) in [6, 6.07) is 12.2. The second-order valence-corrected chi connectivity index (χ2v) is 5.56. The van der Waals surface area contributed by atoms with Crippen molar-refractivity contribution < 1.29 is 18.0 Å². The molecule has 0 unspecified atom stereocenters. The summed E-state index contributed by atoms with van der Waals surface area (Å²) in [5.74, 6) is -0.438. The van der Waals surface area contributed by atoms with Crippen LogP contribution in [-0.4, -0.2) is 15.5 Å². The first kappa shape index (κ1) is 16.8. The Morgan fingerprint density at radius 1 is 1.12 bits per heavy atom. The molecule has 0 bridgehead atoms. The van der Waals surface area contributed by atoms with Crippen molar-refractivity contribution >= 4 is 5.91 Å². The first-order chi connectivity index (χ1) is 11.8. The molecule has 7 heteroatoms. The van der Waals surface area contributed by atoms with Crippen LogP contribution < -0.4 is 5.73 Å². The van der Waals surface area contributed by atoms with Gasteiger partial charge in [0.2, 0.25) is 5.91 Å². The number of carbonyl (C=O) groups is 1. The molecule has 0 spiro atoms. The van der Waals surface area contributed by atoms with Gasteiger partial charge in [-0.3, -0.25) is 4.79 Å². The van der Waals surface area contributed by atoms with Crippen molar-refractivity contribution in [1.29, 1.82) is 0 Å². The van der Waals surface area contributed by atoms with Crippen LogP contribution in [0.1, 0.15) is 11.1 Å². The average molecular weight is 345 g/mol.